The van der Waals surface area contributed by atoms with Crippen LogP contribution in [0.25, 0.3) is 0 Å². The average molecular weight is 517 g/mol. The lowest BCUT2D eigenvalue weighted by Gasteiger charge is -2.32. The number of methoxy groups -OCH3 is 2. The summed E-state index contributed by atoms with van der Waals surface area (Å²) < 4.78 is 11.4. The van der Waals surface area contributed by atoms with Gasteiger partial charge in [-0.3, -0.25) is 0 Å². The Morgan fingerprint density at radius 2 is 1.66 bits per heavy atom. The van der Waals surface area contributed by atoms with Crippen molar-refractivity contribution in [1.29, 1.82) is 0 Å². The van der Waals surface area contributed by atoms with Crippen LogP contribution in [0, 0.1) is 5.92 Å². The van der Waals surface area contributed by atoms with E-state index in [-0.39, 0.29) is 0 Å². The van der Waals surface area contributed by atoms with Crippen LogP contribution in [0.1, 0.15) is 60.9 Å². The van der Waals surface area contributed by atoms with Crippen LogP contribution in [0.2, 0.25) is 0 Å². The molecule has 5 heteroatoms. The standard InChI is InChI=1S/C33H44N2O3/c1-6-35(22-25-9-7-24(8-10-25)15-16-34-21-23(2)3)31-20-33(38-5)32(37-4)19-30(31)28-12-11-27-18-29(36)14-13-26(27)17-28/h7-10,13-14,18-20,23,28,34,36H,6,11-12,15-17,21-22H2,1-5H3. The molecule has 0 heterocycles. The van der Waals surface area contributed by atoms with Crippen molar-refractivity contribution in [3.63, 3.8) is 0 Å². The molecule has 0 saturated heterocycles. The summed E-state index contributed by atoms with van der Waals surface area (Å²) in [5.41, 5.74) is 7.76. The van der Waals surface area contributed by atoms with Gasteiger partial charge in [-0.05, 0) is 104 Å². The lowest BCUT2D eigenvalue weighted by molar-refractivity contribution is 0.354. The third-order valence-electron chi connectivity index (χ3n) is 7.65. The lowest BCUT2D eigenvalue weighted by Crippen LogP contribution is -2.25. The first-order valence-corrected chi connectivity index (χ1v) is 14.0. The molecular formula is C33H44N2O3. The molecule has 0 radical (unpaired) electrons. The summed E-state index contributed by atoms with van der Waals surface area (Å²) in [7, 11) is 3.41. The van der Waals surface area contributed by atoms with Gasteiger partial charge in [0.1, 0.15) is 5.75 Å². The number of benzene rings is 3. The summed E-state index contributed by atoms with van der Waals surface area (Å²) in [5.74, 6) is 2.93. The normalized spacial score (nSPS) is 14.8. The van der Waals surface area contributed by atoms with E-state index in [9.17, 15) is 5.11 Å². The monoisotopic (exact) mass is 516 g/mol. The van der Waals surface area contributed by atoms with Crippen LogP contribution in [-0.2, 0) is 25.8 Å². The number of fused-ring (bicyclic) bond motifs is 1. The van der Waals surface area contributed by atoms with Crippen molar-refractivity contribution in [2.45, 2.75) is 58.9 Å². The minimum atomic E-state index is 0.351. The van der Waals surface area contributed by atoms with Crippen LogP contribution in [0.3, 0.4) is 0 Å². The molecule has 38 heavy (non-hydrogen) atoms. The van der Waals surface area contributed by atoms with E-state index < -0.39 is 0 Å². The quantitative estimate of drug-likeness (QED) is 0.269. The Hall–Kier alpha value is -3.18. The van der Waals surface area contributed by atoms with Crippen LogP contribution in [0.5, 0.6) is 17.2 Å². The van der Waals surface area contributed by atoms with Crippen LogP contribution in [0.15, 0.2) is 54.6 Å². The maximum Gasteiger partial charge on any atom is 0.162 e. The van der Waals surface area contributed by atoms with Crippen molar-refractivity contribution >= 4 is 5.69 Å². The Morgan fingerprint density at radius 1 is 0.947 bits per heavy atom. The van der Waals surface area contributed by atoms with E-state index in [1.165, 1.54) is 33.5 Å². The molecule has 0 amide bonds. The molecular weight excluding hydrogens is 472 g/mol. The van der Waals surface area contributed by atoms with Crippen molar-refractivity contribution in [2.75, 3.05) is 38.8 Å². The summed E-state index contributed by atoms with van der Waals surface area (Å²) in [5, 5.41) is 13.5. The number of aromatic hydroxyl groups is 1. The Balaban J connectivity index is 1.56. The lowest BCUT2D eigenvalue weighted by atomic mass is 9.79. The predicted molar refractivity (Wildman–Crippen MR) is 157 cm³/mol. The van der Waals surface area contributed by atoms with Crippen molar-refractivity contribution in [3.05, 3.63) is 82.4 Å². The van der Waals surface area contributed by atoms with E-state index in [2.05, 4.69) is 73.5 Å². The van der Waals surface area contributed by atoms with Crippen LogP contribution >= 0.6 is 0 Å². The molecule has 0 saturated carbocycles. The second-order valence-corrected chi connectivity index (χ2v) is 10.8. The number of aryl methyl sites for hydroxylation is 1. The topological polar surface area (TPSA) is 54.0 Å². The van der Waals surface area contributed by atoms with Gasteiger partial charge in [-0.2, -0.15) is 0 Å². The fourth-order valence-corrected chi connectivity index (χ4v) is 5.51. The maximum absolute atomic E-state index is 9.94. The highest BCUT2D eigenvalue weighted by molar-refractivity contribution is 5.64. The molecule has 1 atom stereocenters. The van der Waals surface area contributed by atoms with Crippen LogP contribution in [0.4, 0.5) is 5.69 Å². The number of phenols is 1. The van der Waals surface area contributed by atoms with Gasteiger partial charge in [-0.15, -0.1) is 0 Å². The number of hydrogen-bond donors (Lipinski definition) is 2. The van der Waals surface area contributed by atoms with Gasteiger partial charge < -0.3 is 24.8 Å². The van der Waals surface area contributed by atoms with Crippen molar-refractivity contribution < 1.29 is 14.6 Å². The predicted octanol–water partition coefficient (Wildman–Crippen LogP) is 6.50. The highest BCUT2D eigenvalue weighted by atomic mass is 16.5. The Bertz CT molecular complexity index is 1190. The van der Waals surface area contributed by atoms with Gasteiger partial charge in [0.05, 0.1) is 14.2 Å². The number of rotatable bonds is 12. The number of nitrogens with one attached hydrogen (secondary N) is 1. The molecule has 5 nitrogen and oxygen atoms in total. The van der Waals surface area contributed by atoms with Gasteiger partial charge in [0.25, 0.3) is 0 Å². The zero-order chi connectivity index (χ0) is 27.1. The molecule has 4 rings (SSSR count). The second-order valence-electron chi connectivity index (χ2n) is 10.8. The minimum absolute atomic E-state index is 0.351. The molecule has 3 aromatic rings. The van der Waals surface area contributed by atoms with Crippen molar-refractivity contribution in [3.8, 4) is 17.2 Å². The van der Waals surface area contributed by atoms with E-state index in [1.807, 2.05) is 6.07 Å². The van der Waals surface area contributed by atoms with E-state index in [0.717, 1.165) is 63.4 Å². The second kappa shape index (κ2) is 13.1. The van der Waals surface area contributed by atoms with E-state index >= 15 is 0 Å². The molecule has 0 bridgehead atoms. The molecule has 1 aliphatic rings. The molecule has 1 aliphatic carbocycles. The van der Waals surface area contributed by atoms with Gasteiger partial charge in [-0.25, -0.2) is 0 Å². The first-order chi connectivity index (χ1) is 18.4. The maximum atomic E-state index is 9.94. The summed E-state index contributed by atoms with van der Waals surface area (Å²) in [6, 6.07) is 19.2. The zero-order valence-electron chi connectivity index (χ0n) is 23.7. The molecule has 0 fully saturated rings. The van der Waals surface area contributed by atoms with Gasteiger partial charge in [0, 0.05) is 24.8 Å². The van der Waals surface area contributed by atoms with Gasteiger partial charge >= 0.3 is 0 Å². The van der Waals surface area contributed by atoms with Gasteiger partial charge in [-0.1, -0.05) is 44.2 Å². The number of anilines is 1. The van der Waals surface area contributed by atoms with Crippen molar-refractivity contribution in [2.24, 2.45) is 5.92 Å². The number of phenolic OH excluding ortho intramolecular Hbond substituents is 1. The summed E-state index contributed by atoms with van der Waals surface area (Å²) in [6.45, 7) is 10.5. The Morgan fingerprint density at radius 3 is 2.34 bits per heavy atom. The van der Waals surface area contributed by atoms with E-state index in [0.29, 0.717) is 17.6 Å². The Labute approximate surface area is 228 Å². The third kappa shape index (κ3) is 6.82. The van der Waals surface area contributed by atoms with Crippen LogP contribution < -0.4 is 19.7 Å². The zero-order valence-corrected chi connectivity index (χ0v) is 23.7. The minimum Gasteiger partial charge on any atom is -0.508 e. The highest BCUT2D eigenvalue weighted by Gasteiger charge is 2.26. The first kappa shape index (κ1) is 27.8. The SMILES string of the molecule is CCN(Cc1ccc(CCNCC(C)C)cc1)c1cc(OC)c(OC)cc1C1CCc2cc(O)ccc2C1. The third-order valence-corrected chi connectivity index (χ3v) is 7.65. The Kier molecular flexibility index (Phi) is 9.57. The molecule has 0 aromatic heterocycles. The molecule has 2 N–H and O–H groups in total. The van der Waals surface area contributed by atoms with Gasteiger partial charge in [0.15, 0.2) is 11.5 Å². The first-order valence-electron chi connectivity index (χ1n) is 14.0. The van der Waals surface area contributed by atoms with Crippen LogP contribution in [-0.4, -0.2) is 39.0 Å². The summed E-state index contributed by atoms with van der Waals surface area (Å²) >= 11 is 0. The fourth-order valence-electron chi connectivity index (χ4n) is 5.51. The van der Waals surface area contributed by atoms with Gasteiger partial charge in [0.2, 0.25) is 0 Å². The molecule has 0 aliphatic heterocycles. The largest absolute Gasteiger partial charge is 0.508 e. The van der Waals surface area contributed by atoms with E-state index in [4.69, 9.17) is 9.47 Å². The number of ether oxygens (including phenoxy) is 2. The van der Waals surface area contributed by atoms with E-state index in [1.54, 1.807) is 20.3 Å². The average Bonchev–Trinajstić information content (AvgIpc) is 2.93. The molecule has 3 aromatic carbocycles. The fraction of sp³-hybridized carbons (Fsp3) is 0.455. The molecule has 204 valence electrons. The number of nitrogens with zero attached hydrogens (tertiary/aromatic N) is 1. The smallest absolute Gasteiger partial charge is 0.162 e. The molecule has 0 spiro atoms. The highest BCUT2D eigenvalue weighted by Crippen LogP contribution is 2.43. The van der Waals surface area contributed by atoms with Crippen molar-refractivity contribution in [1.82, 2.24) is 5.32 Å². The summed E-state index contributed by atoms with van der Waals surface area (Å²) in [4.78, 5) is 2.45. The summed E-state index contributed by atoms with van der Waals surface area (Å²) in [6.07, 6.45) is 4.00. The number of hydrogen-bond acceptors (Lipinski definition) is 5. The molecule has 1 unspecified atom stereocenters.